The lowest BCUT2D eigenvalue weighted by atomic mass is 9.72. The van der Waals surface area contributed by atoms with Gasteiger partial charge in [-0.25, -0.2) is 4.79 Å². The number of fused-ring (bicyclic) bond motifs is 3. The average Bonchev–Trinajstić information content (AvgIpc) is 3.10. The van der Waals surface area contributed by atoms with Crippen LogP contribution in [-0.4, -0.2) is 106 Å². The number of esters is 1. The number of aldehydes is 1. The summed E-state index contributed by atoms with van der Waals surface area (Å²) in [5.41, 5.74) is 1.85. The minimum atomic E-state index is -2.44. The average molecular weight is 727 g/mol. The number of methoxy groups -OCH3 is 1. The second-order valence-electron chi connectivity index (χ2n) is 13.6. The number of nitrogens with two attached hydrogens (primary N) is 1. The molecule has 16 heteroatoms. The van der Waals surface area contributed by atoms with Crippen molar-refractivity contribution >= 4 is 35.5 Å². The van der Waals surface area contributed by atoms with Gasteiger partial charge in [-0.1, -0.05) is 26.0 Å². The van der Waals surface area contributed by atoms with Gasteiger partial charge in [0.15, 0.2) is 18.7 Å². The van der Waals surface area contributed by atoms with Gasteiger partial charge in [0.05, 0.1) is 42.1 Å². The number of benzene rings is 2. The molecule has 0 radical (unpaired) electrons. The summed E-state index contributed by atoms with van der Waals surface area (Å²) in [7, 11) is 1.30. The van der Waals surface area contributed by atoms with E-state index in [-0.39, 0.29) is 47.3 Å². The molecule has 16 nitrogen and oxygen atoms in total. The Hall–Kier alpha value is -4.74. The highest BCUT2D eigenvalue weighted by atomic mass is 16.7. The molecule has 5 rings (SSSR count). The molecule has 1 heterocycles. The number of phenols is 2. The Morgan fingerprint density at radius 3 is 2.44 bits per heavy atom. The lowest BCUT2D eigenvalue weighted by Gasteiger charge is -2.42. The smallest absolute Gasteiger partial charge is 0.329 e. The van der Waals surface area contributed by atoms with E-state index in [1.54, 1.807) is 20.8 Å². The van der Waals surface area contributed by atoms with Crippen molar-refractivity contribution in [1.29, 1.82) is 0 Å². The first-order valence-electron chi connectivity index (χ1n) is 16.8. The summed E-state index contributed by atoms with van der Waals surface area (Å²) in [6.45, 7) is 3.81. The number of ketones is 3. The molecule has 0 aromatic heterocycles. The van der Waals surface area contributed by atoms with E-state index >= 15 is 0 Å². The van der Waals surface area contributed by atoms with Crippen molar-refractivity contribution in [1.82, 2.24) is 5.32 Å². The van der Waals surface area contributed by atoms with Gasteiger partial charge < -0.3 is 55.2 Å². The first-order chi connectivity index (χ1) is 24.5. The molecule has 2 aromatic carbocycles. The van der Waals surface area contributed by atoms with Crippen molar-refractivity contribution in [2.75, 3.05) is 13.7 Å². The predicted molar refractivity (Wildman–Crippen MR) is 178 cm³/mol. The zero-order valence-corrected chi connectivity index (χ0v) is 29.0. The fourth-order valence-corrected chi connectivity index (χ4v) is 6.90. The number of carbonyl (C=O) groups excluding carboxylic acids is 6. The first kappa shape index (κ1) is 38.5. The quantitative estimate of drug-likeness (QED) is 0.0852. The SMILES string of the molecule is COc1cccc2c1C(=O)c1c(O)c3c(c(O)c1C2=O)C[C@@](O)(C(=O)COC(=O)[C@@H](NC(=O)CCC=O)C(C)C)C[C@@H]3OC1CC(N)C(O)C(C)O1. The van der Waals surface area contributed by atoms with Crippen LogP contribution in [0.15, 0.2) is 18.2 Å². The highest BCUT2D eigenvalue weighted by Gasteiger charge is 2.50. The van der Waals surface area contributed by atoms with Crippen LogP contribution in [0.2, 0.25) is 0 Å². The molecule has 1 saturated heterocycles. The summed E-state index contributed by atoms with van der Waals surface area (Å²) in [5.74, 6) is -6.22. The first-order valence-corrected chi connectivity index (χ1v) is 16.8. The van der Waals surface area contributed by atoms with Crippen molar-refractivity contribution in [3.05, 3.63) is 51.6 Å². The molecule has 4 unspecified atom stereocenters. The molecule has 1 fully saturated rings. The van der Waals surface area contributed by atoms with Gasteiger partial charge in [-0.15, -0.1) is 0 Å². The van der Waals surface area contributed by atoms with E-state index in [2.05, 4.69) is 5.32 Å². The van der Waals surface area contributed by atoms with Crippen LogP contribution in [0.3, 0.4) is 0 Å². The molecule has 2 aliphatic carbocycles. The molecule has 3 aliphatic rings. The van der Waals surface area contributed by atoms with E-state index in [4.69, 9.17) is 24.7 Å². The maximum atomic E-state index is 13.9. The van der Waals surface area contributed by atoms with Crippen molar-refractivity contribution in [2.45, 2.75) is 95.2 Å². The lowest BCUT2D eigenvalue weighted by Crippen LogP contribution is -2.53. The molecule has 0 bridgehead atoms. The van der Waals surface area contributed by atoms with E-state index in [0.717, 1.165) is 0 Å². The largest absolute Gasteiger partial charge is 0.507 e. The maximum absolute atomic E-state index is 13.9. The van der Waals surface area contributed by atoms with Gasteiger partial charge in [0.25, 0.3) is 0 Å². The molecule has 52 heavy (non-hydrogen) atoms. The topological polar surface area (TPSA) is 258 Å². The van der Waals surface area contributed by atoms with Gasteiger partial charge in [0.2, 0.25) is 17.5 Å². The minimum Gasteiger partial charge on any atom is -0.507 e. The molecule has 2 aromatic rings. The van der Waals surface area contributed by atoms with Gasteiger partial charge >= 0.3 is 5.97 Å². The molecule has 0 saturated carbocycles. The van der Waals surface area contributed by atoms with Crippen LogP contribution >= 0.6 is 0 Å². The Kier molecular flexibility index (Phi) is 11.2. The van der Waals surface area contributed by atoms with E-state index < -0.39 is 120 Å². The minimum absolute atomic E-state index is 0.0535. The Bertz CT molecular complexity index is 1800. The van der Waals surface area contributed by atoms with Crippen LogP contribution < -0.4 is 15.8 Å². The standard InChI is InChI=1S/C36H42N2O14/c1-15(2)29(38-23(41)9-6-10-39)35(47)50-14-22(40)36(48)12-18-26(21(13-36)52-24-11-19(37)30(42)16(3)51-24)34(46)28-27(32(18)44)31(43)17-7-5-8-20(49-4)25(17)33(28)45/h5,7-8,10,15-16,19,21,24,29-30,42,44,46,48H,6,9,11-14,37H2,1-4H3,(H,38,41)/t16?,19?,21-,24?,29-,30?,36-/m0/s1. The molecule has 0 spiro atoms. The molecule has 280 valence electrons. The second-order valence-corrected chi connectivity index (χ2v) is 13.6. The third kappa shape index (κ3) is 7.04. The number of nitrogens with one attached hydrogen (secondary N) is 1. The van der Waals surface area contributed by atoms with Crippen molar-refractivity contribution in [3.63, 3.8) is 0 Å². The monoisotopic (exact) mass is 726 g/mol. The summed E-state index contributed by atoms with van der Waals surface area (Å²) in [6, 6.07) is 2.29. The van der Waals surface area contributed by atoms with Gasteiger partial charge in [-0.05, 0) is 18.9 Å². The number of phenolic OH excluding ortho intramolecular Hbond substituents is 2. The zero-order chi connectivity index (χ0) is 38.2. The normalized spacial score (nSPS) is 25.7. The lowest BCUT2D eigenvalue weighted by molar-refractivity contribution is -0.247. The summed E-state index contributed by atoms with van der Waals surface area (Å²) < 4.78 is 22.5. The Labute approximate surface area is 298 Å². The highest BCUT2D eigenvalue weighted by Crippen LogP contribution is 2.52. The van der Waals surface area contributed by atoms with Crippen LogP contribution in [0.5, 0.6) is 17.2 Å². The Balaban J connectivity index is 1.52. The summed E-state index contributed by atoms with van der Waals surface area (Å²) in [6.07, 6.45) is -5.53. The number of ether oxygens (including phenoxy) is 4. The molecule has 1 amide bonds. The number of carbonyl (C=O) groups is 6. The van der Waals surface area contributed by atoms with E-state index in [1.807, 2.05) is 0 Å². The van der Waals surface area contributed by atoms with Crippen LogP contribution in [0.25, 0.3) is 0 Å². The number of Topliss-reactive ketones (excluding diaryl/α,β-unsaturated/α-hetero) is 1. The van der Waals surface area contributed by atoms with Gasteiger partial charge in [-0.3, -0.25) is 19.2 Å². The number of aliphatic hydroxyl groups excluding tert-OH is 1. The summed E-state index contributed by atoms with van der Waals surface area (Å²) in [4.78, 5) is 77.3. The van der Waals surface area contributed by atoms with Crippen LogP contribution in [0.1, 0.15) is 95.5 Å². The second kappa shape index (κ2) is 15.1. The number of hydrogen-bond acceptors (Lipinski definition) is 15. The Morgan fingerprint density at radius 2 is 1.81 bits per heavy atom. The van der Waals surface area contributed by atoms with E-state index in [9.17, 15) is 49.2 Å². The van der Waals surface area contributed by atoms with E-state index in [0.29, 0.717) is 6.29 Å². The van der Waals surface area contributed by atoms with Gasteiger partial charge in [0.1, 0.15) is 35.2 Å². The molecule has 7 N–H and O–H groups in total. The fraction of sp³-hybridized carbons (Fsp3) is 0.500. The van der Waals surface area contributed by atoms with Crippen molar-refractivity contribution < 1.29 is 68.1 Å². The van der Waals surface area contributed by atoms with Crippen LogP contribution in [0, 0.1) is 5.92 Å². The predicted octanol–water partition coefficient (Wildman–Crippen LogP) is 0.672. The number of amides is 1. The van der Waals surface area contributed by atoms with Crippen molar-refractivity contribution in [2.24, 2.45) is 11.7 Å². The molecule has 1 aliphatic heterocycles. The van der Waals surface area contributed by atoms with Gasteiger partial charge in [0, 0.05) is 54.8 Å². The molecular weight excluding hydrogens is 684 g/mol. The number of aliphatic hydroxyl groups is 2. The van der Waals surface area contributed by atoms with Crippen LogP contribution in [-0.2, 0) is 39.8 Å². The third-order valence-electron chi connectivity index (χ3n) is 9.73. The number of rotatable bonds is 12. The zero-order valence-electron chi connectivity index (χ0n) is 29.0. The number of hydrogen-bond donors (Lipinski definition) is 6. The van der Waals surface area contributed by atoms with Gasteiger partial charge in [-0.2, -0.15) is 0 Å². The molecular formula is C36H42N2O14. The molecule has 7 atom stereocenters. The summed E-state index contributed by atoms with van der Waals surface area (Å²) in [5, 5.41) is 48.1. The number of aromatic hydroxyl groups is 2. The third-order valence-corrected chi connectivity index (χ3v) is 9.73. The highest BCUT2D eigenvalue weighted by molar-refractivity contribution is 6.31. The van der Waals surface area contributed by atoms with Crippen molar-refractivity contribution in [3.8, 4) is 17.2 Å². The Morgan fingerprint density at radius 1 is 1.12 bits per heavy atom. The summed E-state index contributed by atoms with van der Waals surface area (Å²) >= 11 is 0. The van der Waals surface area contributed by atoms with E-state index in [1.165, 1.54) is 25.3 Å². The van der Waals surface area contributed by atoms with Crippen LogP contribution in [0.4, 0.5) is 0 Å². The maximum Gasteiger partial charge on any atom is 0.329 e. The fourth-order valence-electron chi connectivity index (χ4n) is 6.90.